The van der Waals surface area contributed by atoms with Crippen molar-refractivity contribution in [2.24, 2.45) is 5.73 Å². The molecule has 0 aliphatic carbocycles. The average Bonchev–Trinajstić information content (AvgIpc) is 2.69. The minimum atomic E-state index is -0.225. The predicted octanol–water partition coefficient (Wildman–Crippen LogP) is 1.16. The van der Waals surface area contributed by atoms with E-state index in [9.17, 15) is 0 Å². The number of nitrogens with two attached hydrogens (primary N) is 1. The van der Waals surface area contributed by atoms with Gasteiger partial charge in [0.05, 0.1) is 6.04 Å². The quantitative estimate of drug-likeness (QED) is 0.743. The molecule has 0 aromatic carbocycles. The highest BCUT2D eigenvalue weighted by Gasteiger charge is 2.10. The molecule has 0 saturated heterocycles. The summed E-state index contributed by atoms with van der Waals surface area (Å²) in [6.07, 6.45) is 7.02. The Bertz CT molecular complexity index is 408. The van der Waals surface area contributed by atoms with Crippen LogP contribution in [0.3, 0.4) is 0 Å². The molecular formula is C10H12N4. The maximum absolute atomic E-state index is 6.00. The van der Waals surface area contributed by atoms with E-state index in [-0.39, 0.29) is 6.04 Å². The van der Waals surface area contributed by atoms with Gasteiger partial charge < -0.3 is 10.7 Å². The Morgan fingerprint density at radius 1 is 1.43 bits per heavy atom. The summed E-state index contributed by atoms with van der Waals surface area (Å²) in [6, 6.07) is 1.79. The van der Waals surface area contributed by atoms with Crippen LogP contribution >= 0.6 is 0 Å². The molecule has 0 radical (unpaired) electrons. The number of H-pyrrole nitrogens is 1. The van der Waals surface area contributed by atoms with Crippen LogP contribution in [0.25, 0.3) is 0 Å². The van der Waals surface area contributed by atoms with Gasteiger partial charge in [0.25, 0.3) is 0 Å². The Labute approximate surface area is 82.2 Å². The average molecular weight is 188 g/mol. The Morgan fingerprint density at radius 2 is 2.29 bits per heavy atom. The number of aromatic amines is 1. The molecule has 0 saturated carbocycles. The number of imidazole rings is 1. The molecule has 2 heterocycles. The third-order valence-electron chi connectivity index (χ3n) is 2.07. The molecule has 2 rings (SSSR count). The van der Waals surface area contributed by atoms with Crippen molar-refractivity contribution < 1.29 is 0 Å². The Kier molecular flexibility index (Phi) is 2.28. The number of nitrogens with one attached hydrogen (secondary N) is 1. The van der Waals surface area contributed by atoms with Gasteiger partial charge in [-0.1, -0.05) is 6.07 Å². The highest BCUT2D eigenvalue weighted by atomic mass is 14.9. The van der Waals surface area contributed by atoms with E-state index in [4.69, 9.17) is 5.73 Å². The number of aryl methyl sites for hydroxylation is 1. The van der Waals surface area contributed by atoms with Crippen LogP contribution in [0.2, 0.25) is 0 Å². The molecule has 0 spiro atoms. The van der Waals surface area contributed by atoms with Crippen LogP contribution in [0, 0.1) is 6.92 Å². The number of aromatic nitrogens is 3. The predicted molar refractivity (Wildman–Crippen MR) is 53.6 cm³/mol. The third-order valence-corrected chi connectivity index (χ3v) is 2.07. The molecule has 14 heavy (non-hydrogen) atoms. The van der Waals surface area contributed by atoms with Crippen LogP contribution in [0.15, 0.2) is 30.9 Å². The van der Waals surface area contributed by atoms with Gasteiger partial charge in [0.2, 0.25) is 0 Å². The highest BCUT2D eigenvalue weighted by Crippen LogP contribution is 2.15. The molecule has 0 aliphatic rings. The summed E-state index contributed by atoms with van der Waals surface area (Å²) in [4.78, 5) is 11.2. The minimum Gasteiger partial charge on any atom is -0.347 e. The first-order valence-corrected chi connectivity index (χ1v) is 4.44. The number of nitrogens with zero attached hydrogens (tertiary/aromatic N) is 2. The van der Waals surface area contributed by atoms with Gasteiger partial charge in [-0.2, -0.15) is 0 Å². The van der Waals surface area contributed by atoms with Crippen LogP contribution in [-0.4, -0.2) is 15.0 Å². The molecule has 0 amide bonds. The van der Waals surface area contributed by atoms with Gasteiger partial charge in [-0.25, -0.2) is 4.98 Å². The molecule has 4 nitrogen and oxygen atoms in total. The van der Waals surface area contributed by atoms with Crippen molar-refractivity contribution in [3.8, 4) is 0 Å². The topological polar surface area (TPSA) is 67.6 Å². The fourth-order valence-electron chi connectivity index (χ4n) is 1.35. The lowest BCUT2D eigenvalue weighted by atomic mass is 10.1. The number of hydrogen-bond acceptors (Lipinski definition) is 3. The molecule has 72 valence electrons. The van der Waals surface area contributed by atoms with E-state index in [1.54, 1.807) is 24.8 Å². The summed E-state index contributed by atoms with van der Waals surface area (Å²) in [5.74, 6) is 0.761. The van der Waals surface area contributed by atoms with Gasteiger partial charge in [0, 0.05) is 24.8 Å². The summed E-state index contributed by atoms with van der Waals surface area (Å²) in [5, 5.41) is 0. The Hall–Kier alpha value is -1.68. The van der Waals surface area contributed by atoms with Crippen molar-refractivity contribution in [3.63, 3.8) is 0 Å². The summed E-state index contributed by atoms with van der Waals surface area (Å²) >= 11 is 0. The molecule has 1 unspecified atom stereocenters. The van der Waals surface area contributed by atoms with Crippen molar-refractivity contribution in [1.82, 2.24) is 15.0 Å². The van der Waals surface area contributed by atoms with Crippen molar-refractivity contribution in [1.29, 1.82) is 0 Å². The molecule has 0 bridgehead atoms. The maximum Gasteiger partial charge on any atom is 0.127 e. The molecule has 4 heteroatoms. The SMILES string of the molecule is Cc1cncc(C(N)c2ncc[nH]2)c1. The second kappa shape index (κ2) is 3.59. The first-order valence-electron chi connectivity index (χ1n) is 4.44. The molecule has 1 atom stereocenters. The largest absolute Gasteiger partial charge is 0.347 e. The van der Waals surface area contributed by atoms with Crippen LogP contribution < -0.4 is 5.73 Å². The lowest BCUT2D eigenvalue weighted by Gasteiger charge is -2.08. The number of hydrogen-bond donors (Lipinski definition) is 2. The first-order chi connectivity index (χ1) is 6.77. The van der Waals surface area contributed by atoms with E-state index >= 15 is 0 Å². The van der Waals surface area contributed by atoms with E-state index in [0.717, 1.165) is 17.0 Å². The lowest BCUT2D eigenvalue weighted by Crippen LogP contribution is -2.13. The zero-order valence-corrected chi connectivity index (χ0v) is 7.94. The van der Waals surface area contributed by atoms with Crippen LogP contribution in [0.5, 0.6) is 0 Å². The van der Waals surface area contributed by atoms with Crippen molar-refractivity contribution in [2.75, 3.05) is 0 Å². The highest BCUT2D eigenvalue weighted by molar-refractivity contribution is 5.24. The maximum atomic E-state index is 6.00. The van der Waals surface area contributed by atoms with Crippen molar-refractivity contribution in [2.45, 2.75) is 13.0 Å². The normalized spacial score (nSPS) is 12.7. The summed E-state index contributed by atoms with van der Waals surface area (Å²) in [5.41, 5.74) is 8.07. The lowest BCUT2D eigenvalue weighted by molar-refractivity contribution is 0.794. The van der Waals surface area contributed by atoms with Gasteiger partial charge in [-0.3, -0.25) is 4.98 Å². The third kappa shape index (κ3) is 1.65. The Balaban J connectivity index is 2.32. The molecule has 3 N–H and O–H groups in total. The molecule has 0 fully saturated rings. The molecule has 2 aromatic rings. The van der Waals surface area contributed by atoms with Crippen LogP contribution in [-0.2, 0) is 0 Å². The molecular weight excluding hydrogens is 176 g/mol. The van der Waals surface area contributed by atoms with Crippen molar-refractivity contribution >= 4 is 0 Å². The molecule has 2 aromatic heterocycles. The molecule has 0 aliphatic heterocycles. The zero-order valence-electron chi connectivity index (χ0n) is 7.94. The fraction of sp³-hybridized carbons (Fsp3) is 0.200. The second-order valence-electron chi connectivity index (χ2n) is 3.25. The fourth-order valence-corrected chi connectivity index (χ4v) is 1.35. The number of rotatable bonds is 2. The van der Waals surface area contributed by atoms with Crippen LogP contribution in [0.4, 0.5) is 0 Å². The van der Waals surface area contributed by atoms with Gasteiger partial charge in [0.1, 0.15) is 5.82 Å². The van der Waals surface area contributed by atoms with E-state index in [1.165, 1.54) is 0 Å². The minimum absolute atomic E-state index is 0.225. The summed E-state index contributed by atoms with van der Waals surface area (Å²) in [6.45, 7) is 1.99. The van der Waals surface area contributed by atoms with E-state index in [2.05, 4.69) is 15.0 Å². The summed E-state index contributed by atoms with van der Waals surface area (Å²) < 4.78 is 0. The van der Waals surface area contributed by atoms with Crippen LogP contribution in [0.1, 0.15) is 23.0 Å². The van der Waals surface area contributed by atoms with Gasteiger partial charge in [-0.05, 0) is 18.1 Å². The smallest absolute Gasteiger partial charge is 0.127 e. The van der Waals surface area contributed by atoms with E-state index in [1.807, 2.05) is 13.0 Å². The van der Waals surface area contributed by atoms with E-state index in [0.29, 0.717) is 0 Å². The first kappa shape index (κ1) is 8.90. The van der Waals surface area contributed by atoms with Crippen molar-refractivity contribution in [3.05, 3.63) is 47.8 Å². The van der Waals surface area contributed by atoms with E-state index < -0.39 is 0 Å². The number of pyridine rings is 1. The van der Waals surface area contributed by atoms with Gasteiger partial charge >= 0.3 is 0 Å². The van der Waals surface area contributed by atoms with Gasteiger partial charge in [0.15, 0.2) is 0 Å². The zero-order chi connectivity index (χ0) is 9.97. The second-order valence-corrected chi connectivity index (χ2v) is 3.25. The summed E-state index contributed by atoms with van der Waals surface area (Å²) in [7, 11) is 0. The standard InChI is InChI=1S/C10H12N4/c1-7-4-8(6-12-5-7)9(11)10-13-2-3-14-10/h2-6,9H,11H2,1H3,(H,13,14). The monoisotopic (exact) mass is 188 g/mol. The Morgan fingerprint density at radius 3 is 2.93 bits per heavy atom. The van der Waals surface area contributed by atoms with Gasteiger partial charge in [-0.15, -0.1) is 0 Å².